The van der Waals surface area contributed by atoms with Crippen molar-refractivity contribution in [3.8, 4) is 0 Å². The predicted octanol–water partition coefficient (Wildman–Crippen LogP) is 9.20. The minimum absolute atomic E-state index is 0.327. The Labute approximate surface area is 304 Å². The summed E-state index contributed by atoms with van der Waals surface area (Å²) in [7, 11) is 0. The highest BCUT2D eigenvalue weighted by Gasteiger charge is 2.66. The van der Waals surface area contributed by atoms with Gasteiger partial charge in [-0.3, -0.25) is 9.98 Å². The summed E-state index contributed by atoms with van der Waals surface area (Å²) in [6.45, 7) is 3.38. The molecule has 264 valence electrons. The molecule has 6 saturated carbocycles. The summed E-state index contributed by atoms with van der Waals surface area (Å²) >= 11 is 0. The molecule has 4 heterocycles. The Hall–Kier alpha value is -3.28. The topological polar surface area (TPSA) is 52.0 Å². The number of hydrogen-bond donors (Lipinski definition) is 2. The average Bonchev–Trinajstić information content (AvgIpc) is 3.95. The van der Waals surface area contributed by atoms with E-state index in [1.165, 1.54) is 119 Å². The third-order valence-corrected chi connectivity index (χ3v) is 16.0. The molecule has 2 N–H and O–H groups in total. The van der Waals surface area contributed by atoms with Crippen molar-refractivity contribution < 1.29 is 0 Å². The first-order chi connectivity index (χ1) is 25.1. The lowest BCUT2D eigenvalue weighted by Crippen LogP contribution is -2.58. The van der Waals surface area contributed by atoms with Gasteiger partial charge in [-0.2, -0.15) is 0 Å². The molecule has 5 unspecified atom stereocenters. The van der Waals surface area contributed by atoms with Crippen LogP contribution in [0.1, 0.15) is 101 Å². The monoisotopic (exact) mass is 677 g/mol. The van der Waals surface area contributed by atoms with Gasteiger partial charge in [0.05, 0.1) is 6.04 Å². The zero-order chi connectivity index (χ0) is 33.7. The van der Waals surface area contributed by atoms with Crippen molar-refractivity contribution in [3.63, 3.8) is 0 Å². The lowest BCUT2D eigenvalue weighted by atomic mass is 9.51. The molecule has 5 nitrogen and oxygen atoms in total. The highest BCUT2D eigenvalue weighted by Crippen LogP contribution is 2.73. The number of hydrogen-bond acceptors (Lipinski definition) is 5. The third kappa shape index (κ3) is 4.72. The lowest BCUT2D eigenvalue weighted by Gasteiger charge is -2.56. The van der Waals surface area contributed by atoms with E-state index in [1.807, 2.05) is 0 Å². The Morgan fingerprint density at radius 2 is 1.31 bits per heavy atom. The van der Waals surface area contributed by atoms with Crippen LogP contribution in [0.25, 0.3) is 0 Å². The smallest absolute Gasteiger partial charge is 0.0652 e. The Bertz CT molecular complexity index is 1790. The van der Waals surface area contributed by atoms with E-state index < -0.39 is 0 Å². The summed E-state index contributed by atoms with van der Waals surface area (Å²) in [4.78, 5) is 12.5. The number of aliphatic imine (C=N–C) groups is 2. The second kappa shape index (κ2) is 11.6. The fourth-order valence-corrected chi connectivity index (χ4v) is 13.9. The van der Waals surface area contributed by atoms with E-state index in [0.717, 1.165) is 24.9 Å². The fourth-order valence-electron chi connectivity index (χ4n) is 13.9. The number of benzene rings is 3. The second-order valence-corrected chi connectivity index (χ2v) is 18.4. The molecule has 0 radical (unpaired) electrons. The van der Waals surface area contributed by atoms with Gasteiger partial charge in [0.1, 0.15) is 0 Å². The van der Waals surface area contributed by atoms with Crippen LogP contribution in [-0.2, 0) is 10.8 Å². The molecule has 5 atom stereocenters. The van der Waals surface area contributed by atoms with Crippen LogP contribution in [0.15, 0.2) is 88.8 Å². The first-order valence-electron chi connectivity index (χ1n) is 20.7. The van der Waals surface area contributed by atoms with E-state index in [0.29, 0.717) is 39.8 Å². The maximum Gasteiger partial charge on any atom is 0.0652 e. The molecule has 51 heavy (non-hydrogen) atoms. The van der Waals surface area contributed by atoms with E-state index in [1.54, 1.807) is 11.1 Å². The number of anilines is 3. The SMILES string of the molecule is C1=NC2CCCNC2C(C23CCC(c4cccc(N(c5ccccc5)c5cccc(C67CCC(C8CCN=C9CCCNC98)(C6)C7)c5)c4)(C2)C3)C1. The van der Waals surface area contributed by atoms with Crippen molar-refractivity contribution in [2.45, 2.75) is 119 Å². The molecule has 4 aliphatic heterocycles. The van der Waals surface area contributed by atoms with Gasteiger partial charge in [-0.25, -0.2) is 0 Å². The summed E-state index contributed by atoms with van der Waals surface area (Å²) in [5.74, 6) is 1.51. The van der Waals surface area contributed by atoms with Gasteiger partial charge >= 0.3 is 0 Å². The molecule has 0 aromatic heterocycles. The molecule has 8 fully saturated rings. The highest BCUT2D eigenvalue weighted by molar-refractivity contribution is 5.91. The molecule has 10 aliphatic rings. The van der Waals surface area contributed by atoms with Crippen LogP contribution < -0.4 is 15.5 Å². The maximum atomic E-state index is 5.00. The molecule has 4 bridgehead atoms. The number of rotatable bonds is 7. The van der Waals surface area contributed by atoms with Gasteiger partial charge in [0, 0.05) is 41.4 Å². The highest BCUT2D eigenvalue weighted by atomic mass is 15.1. The molecule has 3 aromatic rings. The van der Waals surface area contributed by atoms with Crippen LogP contribution in [0.3, 0.4) is 0 Å². The van der Waals surface area contributed by atoms with Crippen molar-refractivity contribution in [1.29, 1.82) is 0 Å². The number of nitrogens with zero attached hydrogens (tertiary/aromatic N) is 3. The van der Waals surface area contributed by atoms with Crippen LogP contribution in [0.4, 0.5) is 17.1 Å². The lowest BCUT2D eigenvalue weighted by molar-refractivity contribution is 0.00895. The molecule has 2 saturated heterocycles. The van der Waals surface area contributed by atoms with Crippen LogP contribution in [0.5, 0.6) is 0 Å². The molecule has 0 spiro atoms. The number of nitrogens with one attached hydrogen (secondary N) is 2. The Morgan fingerprint density at radius 3 is 2.04 bits per heavy atom. The minimum Gasteiger partial charge on any atom is -0.312 e. The zero-order valence-corrected chi connectivity index (χ0v) is 30.3. The largest absolute Gasteiger partial charge is 0.312 e. The van der Waals surface area contributed by atoms with Crippen LogP contribution in [0, 0.1) is 22.7 Å². The van der Waals surface area contributed by atoms with Crippen molar-refractivity contribution in [2.75, 3.05) is 24.5 Å². The van der Waals surface area contributed by atoms with E-state index >= 15 is 0 Å². The summed E-state index contributed by atoms with van der Waals surface area (Å²) in [6.07, 6.45) is 20.6. The molecular formula is C46H55N5. The third-order valence-electron chi connectivity index (χ3n) is 16.0. The van der Waals surface area contributed by atoms with Gasteiger partial charge < -0.3 is 15.5 Å². The molecule has 3 aromatic carbocycles. The summed E-state index contributed by atoms with van der Waals surface area (Å²) < 4.78 is 0. The molecular weight excluding hydrogens is 623 g/mol. The van der Waals surface area contributed by atoms with Crippen molar-refractivity contribution in [1.82, 2.24) is 10.6 Å². The standard InChI is InChI=1S/C46H55N5/c1-2-10-34(11-3-1)51(35-12-4-8-32(26-35)43-18-20-45(28-43,29-43)37-16-24-47-39-14-6-22-49-41(37)39)36-13-5-9-33(27-36)44-19-21-46(30-44,31-44)38-17-25-48-40-15-7-23-50-42(38)40/h1-5,8-13,24,26-27,37-39,41-42,49-50H,6-7,14-23,25,28-31H2. The van der Waals surface area contributed by atoms with Crippen molar-refractivity contribution in [2.24, 2.45) is 32.7 Å². The van der Waals surface area contributed by atoms with E-state index in [9.17, 15) is 0 Å². The average molecular weight is 678 g/mol. The van der Waals surface area contributed by atoms with Gasteiger partial charge in [-0.15, -0.1) is 0 Å². The van der Waals surface area contributed by atoms with E-state index in [-0.39, 0.29) is 0 Å². The normalized spacial score (nSPS) is 40.4. The summed E-state index contributed by atoms with van der Waals surface area (Å²) in [5, 5.41) is 7.87. The Morgan fingerprint density at radius 1 is 0.647 bits per heavy atom. The van der Waals surface area contributed by atoms with Gasteiger partial charge in [0.2, 0.25) is 0 Å². The quantitative estimate of drug-likeness (QED) is 0.262. The molecule has 6 aliphatic carbocycles. The van der Waals surface area contributed by atoms with Crippen LogP contribution >= 0.6 is 0 Å². The molecule has 13 rings (SSSR count). The Balaban J connectivity index is 0.880. The van der Waals surface area contributed by atoms with Crippen LogP contribution in [-0.4, -0.2) is 49.7 Å². The minimum atomic E-state index is 0.327. The first kappa shape index (κ1) is 31.3. The maximum absolute atomic E-state index is 5.00. The molecule has 5 heteroatoms. The van der Waals surface area contributed by atoms with E-state index in [4.69, 9.17) is 9.98 Å². The van der Waals surface area contributed by atoms with Crippen LogP contribution in [0.2, 0.25) is 0 Å². The number of fused-ring (bicyclic) bond motifs is 4. The predicted molar refractivity (Wildman–Crippen MR) is 209 cm³/mol. The van der Waals surface area contributed by atoms with Gasteiger partial charge in [0.25, 0.3) is 0 Å². The van der Waals surface area contributed by atoms with Gasteiger partial charge in [-0.1, -0.05) is 42.5 Å². The van der Waals surface area contributed by atoms with Gasteiger partial charge in [0.15, 0.2) is 0 Å². The Kier molecular flexibility index (Phi) is 7.12. The van der Waals surface area contributed by atoms with E-state index in [2.05, 4.69) is 101 Å². The summed E-state index contributed by atoms with van der Waals surface area (Å²) in [5.41, 5.74) is 10.1. The van der Waals surface area contributed by atoms with Crippen molar-refractivity contribution in [3.05, 3.63) is 90.0 Å². The zero-order valence-electron chi connectivity index (χ0n) is 30.3. The summed E-state index contributed by atoms with van der Waals surface area (Å²) in [6, 6.07) is 32.2. The second-order valence-electron chi connectivity index (χ2n) is 18.4. The van der Waals surface area contributed by atoms with Gasteiger partial charge in [-0.05, 0) is 190 Å². The number of para-hydroxylation sites is 1. The fraction of sp³-hybridized carbons (Fsp3) is 0.565. The van der Waals surface area contributed by atoms with Crippen molar-refractivity contribution >= 4 is 29.0 Å². The molecule has 0 amide bonds. The number of piperidine rings is 2. The first-order valence-corrected chi connectivity index (χ1v) is 20.7.